The number of carbonyl (C=O) groups is 1. The monoisotopic (exact) mass is 407 g/mol. The molecule has 0 aliphatic rings. The van der Waals surface area contributed by atoms with Gasteiger partial charge in [0, 0.05) is 28.9 Å². The van der Waals surface area contributed by atoms with Gasteiger partial charge in [0.2, 0.25) is 5.82 Å². The first-order valence-corrected chi connectivity index (χ1v) is 10.4. The average Bonchev–Trinajstić information content (AvgIpc) is 3.15. The molecule has 1 N–H and O–H groups in total. The number of carboxylic acid groups (broad SMARTS) is 1. The first-order chi connectivity index (χ1) is 14.3. The van der Waals surface area contributed by atoms with E-state index in [-0.39, 0.29) is 6.42 Å². The lowest BCUT2D eigenvalue weighted by atomic mass is 9.93. The van der Waals surface area contributed by atoms with Crippen molar-refractivity contribution in [3.63, 3.8) is 0 Å². The molecule has 1 aromatic carbocycles. The maximum atomic E-state index is 11.0. The highest BCUT2D eigenvalue weighted by atomic mass is 16.5. The Bertz CT molecular complexity index is 1050. The Balaban J connectivity index is 1.94. The molecular weight excluding hydrogens is 378 g/mol. The van der Waals surface area contributed by atoms with Crippen molar-refractivity contribution in [2.24, 2.45) is 5.92 Å². The van der Waals surface area contributed by atoms with Gasteiger partial charge in [-0.15, -0.1) is 0 Å². The van der Waals surface area contributed by atoms with Crippen LogP contribution >= 0.6 is 0 Å². The summed E-state index contributed by atoms with van der Waals surface area (Å²) in [5.74, 6) is 0.743. The highest BCUT2D eigenvalue weighted by molar-refractivity contribution is 5.68. The largest absolute Gasteiger partial charge is 0.481 e. The normalized spacial score (nSPS) is 11.3. The van der Waals surface area contributed by atoms with Gasteiger partial charge in [-0.05, 0) is 80.0 Å². The molecule has 2 heterocycles. The predicted octanol–water partition coefficient (Wildman–Crippen LogP) is 5.19. The van der Waals surface area contributed by atoms with Crippen LogP contribution in [-0.4, -0.2) is 26.2 Å². The summed E-state index contributed by atoms with van der Waals surface area (Å²) >= 11 is 0. The molecule has 0 radical (unpaired) electrons. The number of hydrogen-bond donors (Lipinski definition) is 1. The Kier molecular flexibility index (Phi) is 6.65. The molecule has 0 fully saturated rings. The quantitative estimate of drug-likeness (QED) is 0.552. The molecule has 3 aromatic rings. The molecule has 0 unspecified atom stereocenters. The summed E-state index contributed by atoms with van der Waals surface area (Å²) < 4.78 is 5.58. The van der Waals surface area contributed by atoms with Crippen molar-refractivity contribution >= 4 is 5.97 Å². The summed E-state index contributed by atoms with van der Waals surface area (Å²) in [6, 6.07) is 8.02. The molecule has 6 heteroatoms. The Labute approximate surface area is 177 Å². The molecule has 0 saturated heterocycles. The highest BCUT2D eigenvalue weighted by Gasteiger charge is 2.16. The van der Waals surface area contributed by atoms with Gasteiger partial charge in [-0.1, -0.05) is 25.9 Å². The number of rotatable bonds is 8. The number of hydrogen-bond acceptors (Lipinski definition) is 5. The van der Waals surface area contributed by atoms with Crippen molar-refractivity contribution in [2.75, 3.05) is 0 Å². The number of aryl methyl sites for hydroxylation is 3. The zero-order valence-corrected chi connectivity index (χ0v) is 18.3. The van der Waals surface area contributed by atoms with E-state index < -0.39 is 5.97 Å². The van der Waals surface area contributed by atoms with Crippen molar-refractivity contribution in [1.29, 1.82) is 0 Å². The van der Waals surface area contributed by atoms with E-state index in [1.54, 1.807) is 0 Å². The zero-order chi connectivity index (χ0) is 21.8. The number of aromatic nitrogens is 3. The maximum Gasteiger partial charge on any atom is 0.303 e. The third-order valence-electron chi connectivity index (χ3n) is 5.09. The number of aliphatic carboxylic acids is 1. The van der Waals surface area contributed by atoms with E-state index in [0.29, 0.717) is 24.1 Å². The van der Waals surface area contributed by atoms with Gasteiger partial charge in [0.15, 0.2) is 0 Å². The molecule has 0 aliphatic heterocycles. The van der Waals surface area contributed by atoms with Crippen molar-refractivity contribution in [3.8, 4) is 22.8 Å². The molecule has 0 bridgehead atoms. The molecule has 6 nitrogen and oxygen atoms in total. The Morgan fingerprint density at radius 1 is 1.10 bits per heavy atom. The molecule has 0 aliphatic carbocycles. The van der Waals surface area contributed by atoms with E-state index >= 15 is 0 Å². The minimum atomic E-state index is -0.784. The Morgan fingerprint density at radius 2 is 1.87 bits per heavy atom. The van der Waals surface area contributed by atoms with Gasteiger partial charge >= 0.3 is 5.97 Å². The van der Waals surface area contributed by atoms with Crippen molar-refractivity contribution < 1.29 is 14.4 Å². The van der Waals surface area contributed by atoms with Crippen molar-refractivity contribution in [3.05, 3.63) is 52.3 Å². The molecule has 0 atom stereocenters. The van der Waals surface area contributed by atoms with Crippen LogP contribution in [0.4, 0.5) is 0 Å². The molecule has 2 aromatic heterocycles. The number of benzene rings is 1. The summed E-state index contributed by atoms with van der Waals surface area (Å²) in [5, 5.41) is 13.2. The van der Waals surface area contributed by atoms with E-state index in [2.05, 4.69) is 35.9 Å². The van der Waals surface area contributed by atoms with Gasteiger partial charge in [-0.2, -0.15) is 4.98 Å². The van der Waals surface area contributed by atoms with E-state index in [1.807, 2.05) is 38.1 Å². The van der Waals surface area contributed by atoms with Gasteiger partial charge in [0.1, 0.15) is 0 Å². The van der Waals surface area contributed by atoms with Crippen LogP contribution in [0.2, 0.25) is 0 Å². The van der Waals surface area contributed by atoms with Gasteiger partial charge in [0.05, 0.1) is 0 Å². The fourth-order valence-corrected chi connectivity index (χ4v) is 3.77. The molecular formula is C24H29N3O3. The lowest BCUT2D eigenvalue weighted by Crippen LogP contribution is -2.03. The molecule has 158 valence electrons. The third kappa shape index (κ3) is 5.12. The van der Waals surface area contributed by atoms with Crippen LogP contribution < -0.4 is 0 Å². The minimum Gasteiger partial charge on any atom is -0.481 e. The second kappa shape index (κ2) is 9.20. The van der Waals surface area contributed by atoms with Gasteiger partial charge < -0.3 is 9.63 Å². The fourth-order valence-electron chi connectivity index (χ4n) is 3.77. The van der Waals surface area contributed by atoms with Crippen LogP contribution in [0.1, 0.15) is 55.3 Å². The van der Waals surface area contributed by atoms with Gasteiger partial charge in [-0.25, -0.2) is 0 Å². The van der Waals surface area contributed by atoms with Crippen molar-refractivity contribution in [2.45, 2.75) is 60.3 Å². The van der Waals surface area contributed by atoms with Crippen LogP contribution in [-0.2, 0) is 24.1 Å². The van der Waals surface area contributed by atoms with E-state index in [4.69, 9.17) is 9.63 Å². The third-order valence-corrected chi connectivity index (χ3v) is 5.09. The predicted molar refractivity (Wildman–Crippen MR) is 116 cm³/mol. The second-order valence-electron chi connectivity index (χ2n) is 8.19. The molecule has 0 amide bonds. The van der Waals surface area contributed by atoms with Gasteiger partial charge in [0.25, 0.3) is 5.89 Å². The Hall–Kier alpha value is -3.02. The molecule has 0 saturated carbocycles. The standard InChI is InChI=1S/C24H29N3O3/c1-6-17-12-18(10-15(4)21(17)7-8-22(28)29)23-26-24(30-27-23)19-11-16(5)25-20(13-19)9-14(2)3/h10-14H,6-9H2,1-5H3,(H,28,29). The summed E-state index contributed by atoms with van der Waals surface area (Å²) in [6.07, 6.45) is 2.36. The van der Waals surface area contributed by atoms with E-state index in [9.17, 15) is 4.79 Å². The Morgan fingerprint density at radius 3 is 2.53 bits per heavy atom. The van der Waals surface area contributed by atoms with Gasteiger partial charge in [-0.3, -0.25) is 9.78 Å². The molecule has 30 heavy (non-hydrogen) atoms. The van der Waals surface area contributed by atoms with E-state index in [1.165, 1.54) is 0 Å². The van der Waals surface area contributed by atoms with Crippen LogP contribution in [0.5, 0.6) is 0 Å². The van der Waals surface area contributed by atoms with Crippen molar-refractivity contribution in [1.82, 2.24) is 15.1 Å². The highest BCUT2D eigenvalue weighted by Crippen LogP contribution is 2.28. The van der Waals surface area contributed by atoms with Crippen LogP contribution in [0.3, 0.4) is 0 Å². The molecule has 0 spiro atoms. The number of pyridine rings is 1. The zero-order valence-electron chi connectivity index (χ0n) is 18.3. The van der Waals surface area contributed by atoms with Crippen LogP contribution in [0.25, 0.3) is 22.8 Å². The summed E-state index contributed by atoms with van der Waals surface area (Å²) in [4.78, 5) is 20.2. The first-order valence-electron chi connectivity index (χ1n) is 10.4. The topological polar surface area (TPSA) is 89.1 Å². The minimum absolute atomic E-state index is 0.125. The second-order valence-corrected chi connectivity index (χ2v) is 8.19. The summed E-state index contributed by atoms with van der Waals surface area (Å²) in [7, 11) is 0. The van der Waals surface area contributed by atoms with E-state index in [0.717, 1.165) is 52.0 Å². The van der Waals surface area contributed by atoms with Crippen LogP contribution in [0, 0.1) is 19.8 Å². The smallest absolute Gasteiger partial charge is 0.303 e. The first kappa shape index (κ1) is 21.7. The fraction of sp³-hybridized carbons (Fsp3) is 0.417. The average molecular weight is 408 g/mol. The lowest BCUT2D eigenvalue weighted by molar-refractivity contribution is -0.136. The molecule has 3 rings (SSSR count). The number of nitrogens with zero attached hydrogens (tertiary/aromatic N) is 3. The number of carboxylic acids is 1. The SMILES string of the molecule is CCc1cc(-c2noc(-c3cc(C)nc(CC(C)C)c3)n2)cc(C)c1CCC(=O)O. The lowest BCUT2D eigenvalue weighted by Gasteiger charge is -2.12. The van der Waals surface area contributed by atoms with Crippen LogP contribution in [0.15, 0.2) is 28.8 Å². The summed E-state index contributed by atoms with van der Waals surface area (Å²) in [5.41, 5.74) is 6.97. The maximum absolute atomic E-state index is 11.0. The summed E-state index contributed by atoms with van der Waals surface area (Å²) in [6.45, 7) is 10.4.